The molecule has 1 aromatic carbocycles. The largest absolute Gasteiger partial charge is 0.419 e. The lowest BCUT2D eigenvalue weighted by Crippen LogP contribution is -2.16. The van der Waals surface area contributed by atoms with Gasteiger partial charge in [-0.1, -0.05) is 17.7 Å². The second-order valence-corrected chi connectivity index (χ2v) is 4.62. The van der Waals surface area contributed by atoms with E-state index in [9.17, 15) is 22.4 Å². The molecule has 0 saturated heterocycles. The van der Waals surface area contributed by atoms with Crippen molar-refractivity contribution in [2.75, 3.05) is 0 Å². The Hall–Kier alpha value is -1.76. The van der Waals surface area contributed by atoms with Crippen molar-refractivity contribution in [1.29, 1.82) is 0 Å². The Bertz CT molecular complexity index is 702. The van der Waals surface area contributed by atoms with E-state index in [1.807, 2.05) is 0 Å². The molecule has 3 nitrogen and oxygen atoms in total. The average molecular weight is 309 g/mol. The van der Waals surface area contributed by atoms with Crippen molar-refractivity contribution < 1.29 is 17.6 Å². The number of alkyl halides is 3. The summed E-state index contributed by atoms with van der Waals surface area (Å²) in [6, 6.07) is 1.69. The van der Waals surface area contributed by atoms with E-state index in [0.717, 1.165) is 6.07 Å². The molecule has 0 atom stereocenters. The molecular formula is C12H9ClF4N2O. The molecule has 8 heteroatoms. The normalized spacial score (nSPS) is 11.9. The molecule has 0 unspecified atom stereocenters. The molecule has 20 heavy (non-hydrogen) atoms. The minimum Gasteiger partial charge on any atom is -0.303 e. The van der Waals surface area contributed by atoms with Crippen LogP contribution >= 0.6 is 11.6 Å². The molecule has 0 amide bonds. The highest BCUT2D eigenvalue weighted by atomic mass is 35.5. The van der Waals surface area contributed by atoms with Crippen LogP contribution in [0.3, 0.4) is 0 Å². The summed E-state index contributed by atoms with van der Waals surface area (Å²) in [5.74, 6) is -1.52. The number of nitrogens with one attached hydrogen (secondary N) is 1. The quantitative estimate of drug-likeness (QED) is 0.851. The van der Waals surface area contributed by atoms with Gasteiger partial charge in [0.25, 0.3) is 5.56 Å². The number of aromatic amines is 1. The maximum absolute atomic E-state index is 13.6. The molecule has 2 aromatic rings. The van der Waals surface area contributed by atoms with Gasteiger partial charge in [-0.3, -0.25) is 9.48 Å². The highest BCUT2D eigenvalue weighted by Crippen LogP contribution is 2.35. The molecular weight excluding hydrogens is 300 g/mol. The number of H-pyrrole nitrogens is 1. The van der Waals surface area contributed by atoms with Crippen LogP contribution in [-0.2, 0) is 19.6 Å². The van der Waals surface area contributed by atoms with Crippen LogP contribution in [0.1, 0.15) is 16.7 Å². The highest BCUT2D eigenvalue weighted by Gasteiger charge is 2.35. The molecule has 108 valence electrons. The van der Waals surface area contributed by atoms with Crippen molar-refractivity contribution in [2.24, 2.45) is 7.05 Å². The number of aromatic nitrogens is 2. The highest BCUT2D eigenvalue weighted by molar-refractivity contribution is 6.31. The Morgan fingerprint density at radius 2 is 1.95 bits per heavy atom. The SMILES string of the molecule is Cn1[nH]cc(Cc2ccc(C(F)(F)F)c(F)c2Cl)c1=O. The first-order chi connectivity index (χ1) is 9.21. The van der Waals surface area contributed by atoms with E-state index in [4.69, 9.17) is 11.6 Å². The van der Waals surface area contributed by atoms with Gasteiger partial charge in [0.2, 0.25) is 0 Å². The van der Waals surface area contributed by atoms with E-state index in [0.29, 0.717) is 6.07 Å². The fourth-order valence-corrected chi connectivity index (χ4v) is 2.02. The summed E-state index contributed by atoms with van der Waals surface area (Å²) in [6.07, 6.45) is -3.46. The van der Waals surface area contributed by atoms with Crippen LogP contribution in [0.25, 0.3) is 0 Å². The first-order valence-electron chi connectivity index (χ1n) is 5.49. The maximum Gasteiger partial charge on any atom is 0.419 e. The summed E-state index contributed by atoms with van der Waals surface area (Å²) in [5, 5.41) is 1.99. The van der Waals surface area contributed by atoms with Gasteiger partial charge >= 0.3 is 6.18 Å². The number of aryl methyl sites for hydroxylation is 1. The van der Waals surface area contributed by atoms with Gasteiger partial charge in [-0.2, -0.15) is 13.2 Å². The number of hydrogen-bond donors (Lipinski definition) is 1. The second-order valence-electron chi connectivity index (χ2n) is 4.24. The summed E-state index contributed by atoms with van der Waals surface area (Å²) in [7, 11) is 1.49. The summed E-state index contributed by atoms with van der Waals surface area (Å²) in [6.45, 7) is 0. The van der Waals surface area contributed by atoms with E-state index < -0.39 is 22.6 Å². The third kappa shape index (κ3) is 2.58. The molecule has 0 aliphatic heterocycles. The van der Waals surface area contributed by atoms with Gasteiger partial charge in [-0.25, -0.2) is 4.39 Å². The van der Waals surface area contributed by atoms with E-state index >= 15 is 0 Å². The number of halogens is 5. The fraction of sp³-hybridized carbons (Fsp3) is 0.250. The van der Waals surface area contributed by atoms with Crippen molar-refractivity contribution >= 4 is 11.6 Å². The van der Waals surface area contributed by atoms with Crippen LogP contribution in [0.2, 0.25) is 5.02 Å². The Morgan fingerprint density at radius 3 is 2.45 bits per heavy atom. The van der Waals surface area contributed by atoms with Gasteiger partial charge in [0.15, 0.2) is 5.82 Å². The minimum atomic E-state index is -4.81. The van der Waals surface area contributed by atoms with Crippen LogP contribution in [0.4, 0.5) is 17.6 Å². The van der Waals surface area contributed by atoms with E-state index in [1.54, 1.807) is 0 Å². The molecule has 0 aliphatic carbocycles. The molecule has 0 bridgehead atoms. The van der Waals surface area contributed by atoms with Crippen LogP contribution < -0.4 is 5.56 Å². The van der Waals surface area contributed by atoms with Crippen molar-refractivity contribution in [2.45, 2.75) is 12.6 Å². The zero-order chi connectivity index (χ0) is 15.1. The zero-order valence-corrected chi connectivity index (χ0v) is 10.9. The molecule has 0 saturated carbocycles. The maximum atomic E-state index is 13.6. The predicted molar refractivity (Wildman–Crippen MR) is 65.3 cm³/mol. The first-order valence-corrected chi connectivity index (χ1v) is 5.87. The van der Waals surface area contributed by atoms with E-state index in [1.165, 1.54) is 17.9 Å². The number of rotatable bonds is 2. The van der Waals surface area contributed by atoms with Gasteiger partial charge in [-0.05, 0) is 11.6 Å². The summed E-state index contributed by atoms with van der Waals surface area (Å²) >= 11 is 5.62. The minimum absolute atomic E-state index is 0.0515. The van der Waals surface area contributed by atoms with Crippen molar-refractivity contribution in [1.82, 2.24) is 9.78 Å². The van der Waals surface area contributed by atoms with Crippen LogP contribution in [-0.4, -0.2) is 9.78 Å². The monoisotopic (exact) mass is 308 g/mol. The number of hydrogen-bond acceptors (Lipinski definition) is 1. The third-order valence-electron chi connectivity index (χ3n) is 2.86. The first kappa shape index (κ1) is 14.6. The predicted octanol–water partition coefficient (Wildman–Crippen LogP) is 3.12. The van der Waals surface area contributed by atoms with Crippen molar-refractivity contribution in [3.63, 3.8) is 0 Å². The topological polar surface area (TPSA) is 37.8 Å². The summed E-state index contributed by atoms with van der Waals surface area (Å²) < 4.78 is 52.3. The van der Waals surface area contributed by atoms with Crippen molar-refractivity contribution in [3.8, 4) is 0 Å². The average Bonchev–Trinajstić information content (AvgIpc) is 2.65. The van der Waals surface area contributed by atoms with E-state index in [2.05, 4.69) is 5.10 Å². The molecule has 0 fully saturated rings. The Morgan fingerprint density at radius 1 is 1.30 bits per heavy atom. The molecule has 1 N–H and O–H groups in total. The molecule has 0 aliphatic rings. The molecule has 1 aromatic heterocycles. The van der Waals surface area contributed by atoms with Crippen LogP contribution in [0, 0.1) is 5.82 Å². The third-order valence-corrected chi connectivity index (χ3v) is 3.27. The summed E-state index contributed by atoms with van der Waals surface area (Å²) in [5.41, 5.74) is -1.36. The van der Waals surface area contributed by atoms with E-state index in [-0.39, 0.29) is 23.1 Å². The van der Waals surface area contributed by atoms with Gasteiger partial charge in [0.1, 0.15) is 0 Å². The van der Waals surface area contributed by atoms with Crippen molar-refractivity contribution in [3.05, 3.63) is 56.2 Å². The lowest BCUT2D eigenvalue weighted by atomic mass is 10.0. The van der Waals surface area contributed by atoms with Gasteiger partial charge in [0, 0.05) is 25.2 Å². The Labute approximate surface area is 115 Å². The number of nitrogens with zero attached hydrogens (tertiary/aromatic N) is 1. The van der Waals surface area contributed by atoms with Gasteiger partial charge in [0.05, 0.1) is 10.6 Å². The van der Waals surface area contributed by atoms with Gasteiger partial charge < -0.3 is 5.10 Å². The van der Waals surface area contributed by atoms with Crippen LogP contribution in [0.5, 0.6) is 0 Å². The number of benzene rings is 1. The standard InChI is InChI=1S/C12H9ClF4N2O/c1-19-11(20)7(5-18-19)4-6-2-3-8(12(15,16)17)10(14)9(6)13/h2-3,5,18H,4H2,1H3. The zero-order valence-electron chi connectivity index (χ0n) is 10.2. The summed E-state index contributed by atoms with van der Waals surface area (Å²) in [4.78, 5) is 11.6. The molecule has 0 spiro atoms. The molecule has 0 radical (unpaired) electrons. The lowest BCUT2D eigenvalue weighted by Gasteiger charge is -2.11. The lowest BCUT2D eigenvalue weighted by molar-refractivity contribution is -0.140. The van der Waals surface area contributed by atoms with Crippen LogP contribution in [0.15, 0.2) is 23.1 Å². The van der Waals surface area contributed by atoms with Gasteiger partial charge in [-0.15, -0.1) is 0 Å². The Kier molecular flexibility index (Phi) is 3.64. The molecule has 2 rings (SSSR count). The second kappa shape index (κ2) is 4.97. The Balaban J connectivity index is 2.43. The smallest absolute Gasteiger partial charge is 0.303 e. The fourth-order valence-electron chi connectivity index (χ4n) is 1.79. The molecule has 1 heterocycles.